The first-order valence-electron chi connectivity index (χ1n) is 6.94. The molecule has 0 amide bonds. The van der Waals surface area contributed by atoms with Crippen LogP contribution in [0.5, 0.6) is 0 Å². The van der Waals surface area contributed by atoms with Crippen LogP contribution in [0, 0.1) is 5.82 Å². The molecule has 21 heavy (non-hydrogen) atoms. The molecule has 0 N–H and O–H groups in total. The van der Waals surface area contributed by atoms with Crippen molar-refractivity contribution in [1.82, 2.24) is 24.5 Å². The van der Waals surface area contributed by atoms with Crippen molar-refractivity contribution in [2.24, 2.45) is 0 Å². The molecular formula is C15H16FN5. The van der Waals surface area contributed by atoms with Gasteiger partial charge in [0.25, 0.3) is 0 Å². The summed E-state index contributed by atoms with van der Waals surface area (Å²) in [5.41, 5.74) is 2.84. The second-order valence-corrected chi connectivity index (χ2v) is 5.17. The molecule has 0 atom stereocenters. The fourth-order valence-electron chi connectivity index (χ4n) is 2.24. The van der Waals surface area contributed by atoms with Crippen LogP contribution in [0.4, 0.5) is 4.39 Å². The molecule has 0 unspecified atom stereocenters. The first kappa shape index (κ1) is 13.6. The minimum absolute atomic E-state index is 0.293. The van der Waals surface area contributed by atoms with Crippen molar-refractivity contribution in [3.8, 4) is 11.4 Å². The molecule has 0 saturated heterocycles. The summed E-state index contributed by atoms with van der Waals surface area (Å²) in [6, 6.07) is 1.42. The average molecular weight is 285 g/mol. The van der Waals surface area contributed by atoms with E-state index in [-0.39, 0.29) is 5.82 Å². The predicted molar refractivity (Wildman–Crippen MR) is 78.3 cm³/mol. The van der Waals surface area contributed by atoms with E-state index in [0.717, 1.165) is 11.3 Å². The van der Waals surface area contributed by atoms with Crippen molar-refractivity contribution in [2.45, 2.75) is 33.2 Å². The minimum atomic E-state index is -0.383. The summed E-state index contributed by atoms with van der Waals surface area (Å²) in [5, 5.41) is 0. The van der Waals surface area contributed by atoms with E-state index in [4.69, 9.17) is 0 Å². The van der Waals surface area contributed by atoms with E-state index in [2.05, 4.69) is 33.8 Å². The third-order valence-electron chi connectivity index (χ3n) is 3.35. The Kier molecular flexibility index (Phi) is 3.37. The molecular weight excluding hydrogens is 269 g/mol. The SMILES string of the molecule is CCn1c(-c2cncc(F)c2)nc2ncc(C(C)C)nc21. The number of hydrogen-bond donors (Lipinski definition) is 0. The lowest BCUT2D eigenvalue weighted by atomic mass is 10.1. The van der Waals surface area contributed by atoms with Crippen LogP contribution in [0.15, 0.2) is 24.7 Å². The molecule has 6 heteroatoms. The number of rotatable bonds is 3. The summed E-state index contributed by atoms with van der Waals surface area (Å²) in [6.45, 7) is 6.82. The van der Waals surface area contributed by atoms with Crippen LogP contribution < -0.4 is 0 Å². The zero-order chi connectivity index (χ0) is 15.0. The van der Waals surface area contributed by atoms with Crippen LogP contribution in [0.2, 0.25) is 0 Å². The molecule has 0 aliphatic carbocycles. The molecule has 0 radical (unpaired) electrons. The maximum atomic E-state index is 13.4. The number of hydrogen-bond acceptors (Lipinski definition) is 4. The maximum absolute atomic E-state index is 13.4. The summed E-state index contributed by atoms with van der Waals surface area (Å²) >= 11 is 0. The Morgan fingerprint density at radius 3 is 2.67 bits per heavy atom. The number of pyridine rings is 1. The molecule has 0 spiro atoms. The highest BCUT2D eigenvalue weighted by Crippen LogP contribution is 2.24. The largest absolute Gasteiger partial charge is 0.308 e. The van der Waals surface area contributed by atoms with E-state index in [9.17, 15) is 4.39 Å². The van der Waals surface area contributed by atoms with Crippen LogP contribution in [0.3, 0.4) is 0 Å². The third kappa shape index (κ3) is 2.37. The first-order valence-corrected chi connectivity index (χ1v) is 6.94. The Bertz CT molecular complexity index is 794. The van der Waals surface area contributed by atoms with Gasteiger partial charge in [-0.1, -0.05) is 13.8 Å². The maximum Gasteiger partial charge on any atom is 0.198 e. The summed E-state index contributed by atoms with van der Waals surface area (Å²) < 4.78 is 15.3. The fraction of sp³-hybridized carbons (Fsp3) is 0.333. The Labute approximate surface area is 121 Å². The molecule has 0 fully saturated rings. The van der Waals surface area contributed by atoms with Gasteiger partial charge in [0.15, 0.2) is 11.3 Å². The number of fused-ring (bicyclic) bond motifs is 1. The predicted octanol–water partition coefficient (Wildman–Crippen LogP) is 3.17. The summed E-state index contributed by atoms with van der Waals surface area (Å²) in [5.74, 6) is 0.549. The topological polar surface area (TPSA) is 56.5 Å². The van der Waals surface area contributed by atoms with Crippen molar-refractivity contribution in [3.05, 3.63) is 36.2 Å². The average Bonchev–Trinajstić information content (AvgIpc) is 2.84. The Morgan fingerprint density at radius 2 is 2.00 bits per heavy atom. The van der Waals surface area contributed by atoms with Gasteiger partial charge in [0.1, 0.15) is 11.6 Å². The summed E-state index contributed by atoms with van der Waals surface area (Å²) in [7, 11) is 0. The van der Waals surface area contributed by atoms with Crippen molar-refractivity contribution >= 4 is 11.3 Å². The van der Waals surface area contributed by atoms with E-state index in [0.29, 0.717) is 29.5 Å². The molecule has 0 saturated carbocycles. The van der Waals surface area contributed by atoms with E-state index < -0.39 is 0 Å². The number of aromatic nitrogens is 5. The highest BCUT2D eigenvalue weighted by Gasteiger charge is 2.15. The highest BCUT2D eigenvalue weighted by atomic mass is 19.1. The van der Waals surface area contributed by atoms with Crippen LogP contribution in [-0.4, -0.2) is 24.5 Å². The standard InChI is InChI=1S/C15H16FN5/c1-4-21-14(10-5-11(16)7-17-6-10)20-13-15(21)19-12(8-18-13)9(2)3/h5-9H,4H2,1-3H3. The Balaban J connectivity index is 2.24. The smallest absolute Gasteiger partial charge is 0.198 e. The molecule has 3 aromatic rings. The van der Waals surface area contributed by atoms with Gasteiger partial charge in [-0.25, -0.2) is 19.3 Å². The van der Waals surface area contributed by atoms with Crippen molar-refractivity contribution in [3.63, 3.8) is 0 Å². The first-order chi connectivity index (χ1) is 10.1. The second kappa shape index (κ2) is 5.20. The Hall–Kier alpha value is -2.37. The fourth-order valence-corrected chi connectivity index (χ4v) is 2.24. The molecule has 0 aromatic carbocycles. The Morgan fingerprint density at radius 1 is 1.19 bits per heavy atom. The van der Waals surface area contributed by atoms with Gasteiger partial charge in [0.2, 0.25) is 0 Å². The van der Waals surface area contributed by atoms with Gasteiger partial charge in [-0.3, -0.25) is 4.98 Å². The van der Waals surface area contributed by atoms with Crippen LogP contribution in [-0.2, 0) is 6.54 Å². The number of aryl methyl sites for hydroxylation is 1. The summed E-state index contributed by atoms with van der Waals surface area (Å²) in [6.07, 6.45) is 4.52. The van der Waals surface area contributed by atoms with Crippen molar-refractivity contribution in [2.75, 3.05) is 0 Å². The molecule has 0 aliphatic rings. The van der Waals surface area contributed by atoms with Gasteiger partial charge in [-0.15, -0.1) is 0 Å². The molecule has 0 bridgehead atoms. The van der Waals surface area contributed by atoms with Gasteiger partial charge in [-0.05, 0) is 18.9 Å². The lowest BCUT2D eigenvalue weighted by molar-refractivity contribution is 0.621. The second-order valence-electron chi connectivity index (χ2n) is 5.17. The van der Waals surface area contributed by atoms with E-state index >= 15 is 0 Å². The molecule has 3 heterocycles. The normalized spacial score (nSPS) is 11.5. The third-order valence-corrected chi connectivity index (χ3v) is 3.35. The minimum Gasteiger partial charge on any atom is -0.308 e. The van der Waals surface area contributed by atoms with Gasteiger partial charge >= 0.3 is 0 Å². The lowest BCUT2D eigenvalue weighted by Crippen LogP contribution is -2.01. The molecule has 3 aromatic heterocycles. The molecule has 0 aliphatic heterocycles. The van der Waals surface area contributed by atoms with Gasteiger partial charge in [0.05, 0.1) is 18.1 Å². The van der Waals surface area contributed by atoms with Gasteiger partial charge in [0, 0.05) is 18.3 Å². The molecule has 5 nitrogen and oxygen atoms in total. The molecule has 108 valence electrons. The highest BCUT2D eigenvalue weighted by molar-refractivity contribution is 5.73. The number of imidazole rings is 1. The van der Waals surface area contributed by atoms with Crippen LogP contribution >= 0.6 is 0 Å². The van der Waals surface area contributed by atoms with Crippen molar-refractivity contribution < 1.29 is 4.39 Å². The van der Waals surface area contributed by atoms with E-state index in [1.807, 2.05) is 11.5 Å². The lowest BCUT2D eigenvalue weighted by Gasteiger charge is -2.06. The van der Waals surface area contributed by atoms with E-state index in [1.165, 1.54) is 12.3 Å². The van der Waals surface area contributed by atoms with Crippen molar-refractivity contribution in [1.29, 1.82) is 0 Å². The zero-order valence-corrected chi connectivity index (χ0v) is 12.2. The molecule has 3 rings (SSSR count). The van der Waals surface area contributed by atoms with E-state index in [1.54, 1.807) is 12.4 Å². The monoisotopic (exact) mass is 285 g/mol. The quantitative estimate of drug-likeness (QED) is 0.741. The van der Waals surface area contributed by atoms with Crippen LogP contribution in [0.1, 0.15) is 32.4 Å². The summed E-state index contributed by atoms with van der Waals surface area (Å²) in [4.78, 5) is 17.4. The number of nitrogens with zero attached hydrogens (tertiary/aromatic N) is 5. The van der Waals surface area contributed by atoms with Gasteiger partial charge in [-0.2, -0.15) is 0 Å². The zero-order valence-electron chi connectivity index (χ0n) is 12.2. The van der Waals surface area contributed by atoms with Crippen LogP contribution in [0.25, 0.3) is 22.7 Å². The number of halogens is 1. The van der Waals surface area contributed by atoms with Gasteiger partial charge < -0.3 is 4.57 Å².